The molecule has 1 saturated heterocycles. The lowest BCUT2D eigenvalue weighted by Crippen LogP contribution is -2.29. The van der Waals surface area contributed by atoms with Crippen molar-refractivity contribution in [2.45, 2.75) is 19.3 Å². The highest BCUT2D eigenvalue weighted by Gasteiger charge is 2.06. The molecule has 0 bridgehead atoms. The number of nitrogens with zero attached hydrogens (tertiary/aromatic N) is 1. The minimum atomic E-state index is 1.08. The maximum absolute atomic E-state index is 3.71. The van der Waals surface area contributed by atoms with Crippen LogP contribution in [0.4, 0.5) is 0 Å². The summed E-state index contributed by atoms with van der Waals surface area (Å²) in [4.78, 5) is 2.45. The number of piperidine rings is 1. The van der Waals surface area contributed by atoms with Gasteiger partial charge in [-0.3, -0.25) is 4.90 Å². The van der Waals surface area contributed by atoms with Crippen molar-refractivity contribution >= 4 is 0 Å². The molecule has 0 N–H and O–H groups in total. The predicted octanol–water partition coefficient (Wildman–Crippen LogP) is 1.66. The van der Waals surface area contributed by atoms with E-state index in [9.17, 15) is 0 Å². The first kappa shape index (κ1) is 6.81. The number of likely N-dealkylation sites (tertiary alicyclic amines) is 1. The van der Waals surface area contributed by atoms with Crippen LogP contribution in [0.5, 0.6) is 0 Å². The average molecular weight is 126 g/mol. The molecule has 0 radical (unpaired) electrons. The first-order chi connectivity index (χ1) is 4.43. The van der Waals surface area contributed by atoms with Gasteiger partial charge < -0.3 is 0 Å². The lowest BCUT2D eigenvalue weighted by atomic mass is 10.2. The van der Waals surface area contributed by atoms with Gasteiger partial charge in [-0.2, -0.15) is 0 Å². The zero-order chi connectivity index (χ0) is 6.53. The molecule has 1 aliphatic rings. The van der Waals surface area contributed by atoms with Gasteiger partial charge in [0.25, 0.3) is 0 Å². The highest BCUT2D eigenvalue weighted by molar-refractivity contribution is 4.75. The smallest absolute Gasteiger partial charge is 0.0160 e. The summed E-state index contributed by atoms with van der Waals surface area (Å²) in [6.07, 6.45) is 6.18. The van der Waals surface area contributed by atoms with Crippen LogP contribution >= 0.6 is 0 Å². The molecule has 0 atom stereocenters. The summed E-state index contributed by atoms with van der Waals surface area (Å²) in [6, 6.07) is 0. The molecule has 0 aromatic rings. The van der Waals surface area contributed by atoms with Gasteiger partial charge in [-0.05, 0) is 25.9 Å². The Morgan fingerprint density at radius 2 is 1.89 bits per heavy atom. The van der Waals surface area contributed by atoms with Crippen LogP contribution in [-0.4, -0.2) is 24.5 Å². The van der Waals surface area contributed by atoms with Crippen LogP contribution in [0.1, 0.15) is 19.3 Å². The van der Waals surface area contributed by atoms with Crippen LogP contribution in [0.25, 0.3) is 0 Å². The van der Waals surface area contributed by atoms with Gasteiger partial charge in [-0.15, -0.1) is 6.58 Å². The Labute approximate surface area is 57.4 Å². The fourth-order valence-electron chi connectivity index (χ4n) is 1.32. The lowest BCUT2D eigenvalue weighted by molar-refractivity contribution is 0.251. The third-order valence-electron chi connectivity index (χ3n) is 1.84. The van der Waals surface area contributed by atoms with E-state index in [-0.39, 0.29) is 0 Å². The maximum Gasteiger partial charge on any atom is 0.0160 e. The highest BCUT2D eigenvalue weighted by atomic mass is 15.2. The molecular weight excluding hydrogens is 111 g/mol. The van der Waals surface area contributed by atoms with E-state index in [0.717, 1.165) is 6.54 Å². The average Bonchev–Trinajstić information content (AvgIpc) is 1.91. The van der Waals surface area contributed by atoms with Crippen molar-refractivity contribution in [3.63, 3.8) is 0 Å². The van der Waals surface area contributed by atoms with Crippen LogP contribution < -0.4 is 0 Å². The molecule has 1 fully saturated rings. The molecule has 0 amide bonds. The molecule has 0 saturated carbocycles. The monoisotopic (exact) mass is 126 g/mol. The molecule has 0 aromatic heterocycles. The van der Waals surface area contributed by atoms with Crippen molar-refractivity contribution in [1.29, 1.82) is 0 Å². The second kappa shape index (κ2) is 3.67. The Hall–Kier alpha value is -0.300. The molecule has 0 aliphatic carbocycles. The maximum atomic E-state index is 3.71. The Morgan fingerprint density at radius 3 is 2.44 bits per heavy atom. The summed E-state index contributed by atoms with van der Waals surface area (Å²) in [6.45, 7) is 7.36. The second-order valence-electron chi connectivity index (χ2n) is 2.65. The minimum absolute atomic E-state index is 1.08. The van der Waals surface area contributed by atoms with Gasteiger partial charge >= 0.3 is 0 Å². The summed E-state index contributed by atoms with van der Waals surface area (Å²) in [5.41, 5.74) is 0. The molecule has 1 heterocycles. The first-order valence-corrected chi connectivity index (χ1v) is 3.77. The molecular formula is C8H15N. The van der Waals surface area contributed by atoms with Crippen molar-refractivity contribution in [3.05, 3.63) is 12.7 Å². The SMILES string of the molecule is C=CCN1CCCC[13CH2]1. The van der Waals surface area contributed by atoms with E-state index in [1.165, 1.54) is 32.4 Å². The third kappa shape index (κ3) is 2.19. The van der Waals surface area contributed by atoms with Gasteiger partial charge in [0.2, 0.25) is 0 Å². The Balaban J connectivity index is 2.15. The van der Waals surface area contributed by atoms with Gasteiger partial charge in [-0.25, -0.2) is 0 Å². The standard InChI is InChI=1S/C8H15N/c1-2-6-9-7-4-3-5-8-9/h2H,1,3-8H2/i7+1. The Kier molecular flexibility index (Phi) is 2.78. The van der Waals surface area contributed by atoms with E-state index >= 15 is 0 Å². The highest BCUT2D eigenvalue weighted by Crippen LogP contribution is 2.07. The largest absolute Gasteiger partial charge is 0.300 e. The fourth-order valence-corrected chi connectivity index (χ4v) is 1.32. The molecule has 52 valence electrons. The Bertz CT molecular complexity index is 82.6. The number of hydrogen-bond donors (Lipinski definition) is 0. The van der Waals surface area contributed by atoms with Crippen LogP contribution in [0.15, 0.2) is 12.7 Å². The summed E-state index contributed by atoms with van der Waals surface area (Å²) < 4.78 is 0. The Morgan fingerprint density at radius 1 is 1.22 bits per heavy atom. The quantitative estimate of drug-likeness (QED) is 0.402. The van der Waals surface area contributed by atoms with E-state index in [4.69, 9.17) is 0 Å². The number of hydrogen-bond acceptors (Lipinski definition) is 1. The zero-order valence-electron chi connectivity index (χ0n) is 5.97. The van der Waals surface area contributed by atoms with Gasteiger partial charge in [0.05, 0.1) is 0 Å². The molecule has 1 nitrogen and oxygen atoms in total. The van der Waals surface area contributed by atoms with Crippen molar-refractivity contribution in [3.8, 4) is 0 Å². The summed E-state index contributed by atoms with van der Waals surface area (Å²) in [5, 5.41) is 0. The van der Waals surface area contributed by atoms with E-state index in [2.05, 4.69) is 11.5 Å². The van der Waals surface area contributed by atoms with E-state index in [1.54, 1.807) is 0 Å². The van der Waals surface area contributed by atoms with Crippen LogP contribution in [0.3, 0.4) is 0 Å². The van der Waals surface area contributed by atoms with Crippen molar-refractivity contribution in [2.75, 3.05) is 19.6 Å². The third-order valence-corrected chi connectivity index (χ3v) is 1.84. The number of rotatable bonds is 2. The van der Waals surface area contributed by atoms with Crippen LogP contribution in [0.2, 0.25) is 0 Å². The van der Waals surface area contributed by atoms with Crippen molar-refractivity contribution in [1.82, 2.24) is 4.90 Å². The van der Waals surface area contributed by atoms with Gasteiger partial charge in [0.1, 0.15) is 0 Å². The van der Waals surface area contributed by atoms with Crippen LogP contribution in [-0.2, 0) is 0 Å². The minimum Gasteiger partial charge on any atom is -0.300 e. The zero-order valence-corrected chi connectivity index (χ0v) is 5.97. The lowest BCUT2D eigenvalue weighted by Gasteiger charge is -2.24. The van der Waals surface area contributed by atoms with E-state index < -0.39 is 0 Å². The molecule has 1 rings (SSSR count). The summed E-state index contributed by atoms with van der Waals surface area (Å²) in [5.74, 6) is 0. The van der Waals surface area contributed by atoms with E-state index in [0.29, 0.717) is 0 Å². The molecule has 9 heavy (non-hydrogen) atoms. The first-order valence-electron chi connectivity index (χ1n) is 3.77. The summed E-state index contributed by atoms with van der Waals surface area (Å²) >= 11 is 0. The van der Waals surface area contributed by atoms with Crippen molar-refractivity contribution < 1.29 is 0 Å². The molecule has 1 heteroatoms. The van der Waals surface area contributed by atoms with Gasteiger partial charge in [0.15, 0.2) is 0 Å². The fraction of sp³-hybridized carbons (Fsp3) is 0.750. The van der Waals surface area contributed by atoms with Crippen molar-refractivity contribution in [2.24, 2.45) is 0 Å². The molecule has 1 aliphatic heterocycles. The van der Waals surface area contributed by atoms with Gasteiger partial charge in [-0.1, -0.05) is 12.5 Å². The second-order valence-corrected chi connectivity index (χ2v) is 2.65. The molecule has 0 spiro atoms. The predicted molar refractivity (Wildman–Crippen MR) is 40.5 cm³/mol. The van der Waals surface area contributed by atoms with Gasteiger partial charge in [0, 0.05) is 6.54 Å². The topological polar surface area (TPSA) is 3.24 Å². The summed E-state index contributed by atoms with van der Waals surface area (Å²) in [7, 11) is 0. The van der Waals surface area contributed by atoms with Crippen LogP contribution in [0, 0.1) is 0 Å². The van der Waals surface area contributed by atoms with E-state index in [1.807, 2.05) is 6.08 Å². The normalized spacial score (nSPS) is 21.8. The molecule has 0 aromatic carbocycles. The molecule has 0 unspecified atom stereocenters.